The molecule has 1 aromatic rings. The van der Waals surface area contributed by atoms with Crippen LogP contribution in [0.2, 0.25) is 0 Å². The van der Waals surface area contributed by atoms with E-state index in [0.29, 0.717) is 16.2 Å². The number of hydrogen-bond acceptors (Lipinski definition) is 4. The van der Waals surface area contributed by atoms with Crippen molar-refractivity contribution in [1.29, 1.82) is 0 Å². The van der Waals surface area contributed by atoms with Crippen LogP contribution in [0, 0.1) is 5.21 Å². The Labute approximate surface area is 99.3 Å². The number of nitrogens with two attached hydrogens (primary N) is 2. The molecule has 0 fully saturated rings. The molecule has 1 aromatic carbocycles. The van der Waals surface area contributed by atoms with E-state index in [4.69, 9.17) is 11.5 Å². The van der Waals surface area contributed by atoms with Crippen LogP contribution >= 0.6 is 0 Å². The van der Waals surface area contributed by atoms with Crippen molar-refractivity contribution < 1.29 is 4.86 Å². The summed E-state index contributed by atoms with van der Waals surface area (Å²) in [6.45, 7) is 0. The minimum atomic E-state index is -1.20. The predicted molar refractivity (Wildman–Crippen MR) is 65.1 cm³/mol. The van der Waals surface area contributed by atoms with E-state index >= 15 is 0 Å². The number of allylic oxidation sites excluding steroid dienone is 2. The van der Waals surface area contributed by atoms with Gasteiger partial charge in [0.15, 0.2) is 0 Å². The van der Waals surface area contributed by atoms with Crippen LogP contribution in [-0.4, -0.2) is 10.5 Å². The molecule has 0 aliphatic heterocycles. The maximum atomic E-state index is 11.9. The normalized spacial score (nSPS) is 24.5. The Kier molecular flexibility index (Phi) is 2.93. The summed E-state index contributed by atoms with van der Waals surface area (Å²) in [6, 6.07) is 8.94. The number of nitrogens with zero attached hydrogens (tertiary/aromatic N) is 2. The fourth-order valence-electron chi connectivity index (χ4n) is 1.61. The monoisotopic (exact) mass is 230 g/mol. The highest BCUT2D eigenvalue weighted by atomic mass is 16.5. The van der Waals surface area contributed by atoms with Gasteiger partial charge in [-0.05, 0) is 18.2 Å². The molecule has 1 aliphatic carbocycles. The Morgan fingerprint density at radius 1 is 1.29 bits per heavy atom. The highest BCUT2D eigenvalue weighted by Gasteiger charge is 2.35. The highest BCUT2D eigenvalue weighted by Crippen LogP contribution is 2.21. The lowest BCUT2D eigenvalue weighted by Gasteiger charge is -2.23. The summed E-state index contributed by atoms with van der Waals surface area (Å²) in [6.07, 6.45) is 5.26. The molecule has 5 nitrogen and oxygen atoms in total. The maximum Gasteiger partial charge on any atom is 0.275 e. The molecule has 0 spiro atoms. The second kappa shape index (κ2) is 4.39. The fourth-order valence-corrected chi connectivity index (χ4v) is 1.61. The van der Waals surface area contributed by atoms with Crippen LogP contribution in [0.5, 0.6) is 0 Å². The van der Waals surface area contributed by atoms with Crippen molar-refractivity contribution in [2.24, 2.45) is 16.6 Å². The quantitative estimate of drug-likeness (QED) is 0.351. The molecule has 0 radical (unpaired) electrons. The van der Waals surface area contributed by atoms with E-state index in [-0.39, 0.29) is 6.42 Å². The van der Waals surface area contributed by atoms with Gasteiger partial charge >= 0.3 is 0 Å². The van der Waals surface area contributed by atoms with Gasteiger partial charge in [0, 0.05) is 16.9 Å². The second-order valence-electron chi connectivity index (χ2n) is 3.98. The van der Waals surface area contributed by atoms with E-state index in [9.17, 15) is 5.21 Å². The Bertz CT molecular complexity index is 492. The number of hydroxylamine groups is 1. The molecule has 2 rings (SSSR count). The molecule has 1 aliphatic rings. The van der Waals surface area contributed by atoms with Gasteiger partial charge in [0.25, 0.3) is 5.66 Å². The lowest BCUT2D eigenvalue weighted by Crippen LogP contribution is -2.48. The molecule has 4 N–H and O–H groups in total. The first kappa shape index (κ1) is 11.3. The lowest BCUT2D eigenvalue weighted by atomic mass is 10.0. The third-order valence-corrected chi connectivity index (χ3v) is 2.50. The first-order chi connectivity index (χ1) is 8.10. The van der Waals surface area contributed by atoms with Crippen LogP contribution in [-0.2, 0) is 0 Å². The molecule has 0 heterocycles. The van der Waals surface area contributed by atoms with Crippen molar-refractivity contribution >= 4 is 5.69 Å². The molecule has 1 unspecified atom stereocenters. The standard InChI is InChI=1S/C12H14N4O/c13-10-5-4-8-12(14,9-10)16(17)15-11-6-2-1-3-7-11/h1-8H,9,13-14H2. The number of hydrogen-bond donors (Lipinski definition) is 2. The molecule has 5 heteroatoms. The van der Waals surface area contributed by atoms with Crippen molar-refractivity contribution in [3.8, 4) is 0 Å². The van der Waals surface area contributed by atoms with Crippen molar-refractivity contribution in [2.75, 3.05) is 0 Å². The van der Waals surface area contributed by atoms with Gasteiger partial charge in [-0.15, -0.1) is 0 Å². The Morgan fingerprint density at radius 3 is 2.65 bits per heavy atom. The summed E-state index contributed by atoms with van der Waals surface area (Å²) in [5.74, 6) is 0. The molecule has 0 amide bonds. The molecule has 88 valence electrons. The predicted octanol–water partition coefficient (Wildman–Crippen LogP) is 1.74. The van der Waals surface area contributed by atoms with Crippen LogP contribution in [0.15, 0.2) is 59.4 Å². The highest BCUT2D eigenvalue weighted by molar-refractivity contribution is 5.34. The average molecular weight is 230 g/mol. The summed E-state index contributed by atoms with van der Waals surface area (Å²) in [5, 5.41) is 15.8. The van der Waals surface area contributed by atoms with Crippen LogP contribution in [0.4, 0.5) is 5.69 Å². The third kappa shape index (κ3) is 2.51. The van der Waals surface area contributed by atoms with Gasteiger partial charge in [0.2, 0.25) is 0 Å². The van der Waals surface area contributed by atoms with E-state index in [1.54, 1.807) is 42.5 Å². The topological polar surface area (TPSA) is 90.5 Å². The van der Waals surface area contributed by atoms with Crippen molar-refractivity contribution in [3.05, 3.63) is 59.5 Å². The molecule has 0 saturated heterocycles. The van der Waals surface area contributed by atoms with E-state index in [1.165, 1.54) is 0 Å². The van der Waals surface area contributed by atoms with Gasteiger partial charge < -0.3 is 10.9 Å². The Hall–Kier alpha value is -2.14. The SMILES string of the molecule is NC1=CC=CC(N)([N+]([O-])=Nc2ccccc2)C1. The van der Waals surface area contributed by atoms with E-state index in [2.05, 4.69) is 5.11 Å². The lowest BCUT2D eigenvalue weighted by molar-refractivity contribution is -0.593. The van der Waals surface area contributed by atoms with Crippen LogP contribution in [0.1, 0.15) is 6.42 Å². The fraction of sp³-hybridized carbons (Fsp3) is 0.167. The largest absolute Gasteiger partial charge is 0.598 e. The van der Waals surface area contributed by atoms with E-state index < -0.39 is 5.66 Å². The van der Waals surface area contributed by atoms with E-state index in [0.717, 1.165) is 0 Å². The van der Waals surface area contributed by atoms with Crippen LogP contribution < -0.4 is 11.5 Å². The summed E-state index contributed by atoms with van der Waals surface area (Å²) in [4.78, 5) is 0.499. The van der Waals surface area contributed by atoms with Crippen molar-refractivity contribution in [1.82, 2.24) is 0 Å². The Morgan fingerprint density at radius 2 is 2.00 bits per heavy atom. The number of benzene rings is 1. The van der Waals surface area contributed by atoms with Gasteiger partial charge in [-0.25, -0.2) is 0 Å². The van der Waals surface area contributed by atoms with Gasteiger partial charge in [-0.1, -0.05) is 29.1 Å². The Balaban J connectivity index is 2.26. The molecule has 17 heavy (non-hydrogen) atoms. The maximum absolute atomic E-state index is 11.9. The first-order valence-corrected chi connectivity index (χ1v) is 5.27. The average Bonchev–Trinajstić information content (AvgIpc) is 2.30. The number of rotatable bonds is 2. The molecule has 1 atom stereocenters. The summed E-state index contributed by atoms with van der Waals surface area (Å²) >= 11 is 0. The van der Waals surface area contributed by atoms with Crippen LogP contribution in [0.3, 0.4) is 0 Å². The van der Waals surface area contributed by atoms with Crippen molar-refractivity contribution in [3.63, 3.8) is 0 Å². The smallest absolute Gasteiger partial charge is 0.275 e. The van der Waals surface area contributed by atoms with Crippen molar-refractivity contribution in [2.45, 2.75) is 12.1 Å². The minimum Gasteiger partial charge on any atom is -0.598 e. The zero-order valence-corrected chi connectivity index (χ0v) is 9.28. The van der Waals surface area contributed by atoms with E-state index in [1.807, 2.05) is 6.07 Å². The van der Waals surface area contributed by atoms with Gasteiger partial charge in [0.05, 0.1) is 6.42 Å². The second-order valence-corrected chi connectivity index (χ2v) is 3.98. The van der Waals surface area contributed by atoms with Gasteiger partial charge in [-0.3, -0.25) is 5.73 Å². The molecular formula is C12H14N4O. The van der Waals surface area contributed by atoms with Gasteiger partial charge in [0.1, 0.15) is 5.69 Å². The molecule has 0 aromatic heterocycles. The van der Waals surface area contributed by atoms with Gasteiger partial charge in [-0.2, -0.15) is 0 Å². The third-order valence-electron chi connectivity index (χ3n) is 2.50. The summed E-state index contributed by atoms with van der Waals surface area (Å²) < 4.78 is 0. The molecule has 0 bridgehead atoms. The first-order valence-electron chi connectivity index (χ1n) is 5.27. The zero-order chi connectivity index (χ0) is 12.3. The van der Waals surface area contributed by atoms with Crippen LogP contribution in [0.25, 0.3) is 0 Å². The zero-order valence-electron chi connectivity index (χ0n) is 9.28. The molecular weight excluding hydrogens is 216 g/mol. The number of azo groups is 1. The summed E-state index contributed by atoms with van der Waals surface area (Å²) in [5.41, 5.74) is 11.5. The summed E-state index contributed by atoms with van der Waals surface area (Å²) in [7, 11) is 0. The minimum absolute atomic E-state index is 0.267. The molecule has 0 saturated carbocycles.